The van der Waals surface area contributed by atoms with E-state index in [1.165, 1.54) is 0 Å². The number of carbonyl (C=O) groups is 1. The van der Waals surface area contributed by atoms with Crippen molar-refractivity contribution < 1.29 is 4.79 Å². The summed E-state index contributed by atoms with van der Waals surface area (Å²) in [5, 5.41) is 10.7. The maximum Gasteiger partial charge on any atom is 0.238 e. The van der Waals surface area contributed by atoms with Gasteiger partial charge in [-0.2, -0.15) is 5.10 Å². The second-order valence-electron chi connectivity index (χ2n) is 5.83. The van der Waals surface area contributed by atoms with Crippen LogP contribution in [0, 0.1) is 13.8 Å². The van der Waals surface area contributed by atoms with Gasteiger partial charge in [0.15, 0.2) is 0 Å². The Balaban J connectivity index is 0.00000242. The number of hydrogen-bond donors (Lipinski definition) is 2. The summed E-state index contributed by atoms with van der Waals surface area (Å²) >= 11 is 0. The largest absolute Gasteiger partial charge is 0.322 e. The summed E-state index contributed by atoms with van der Waals surface area (Å²) in [6, 6.07) is 0.479. The molecule has 1 atom stereocenters. The summed E-state index contributed by atoms with van der Waals surface area (Å²) in [5.41, 5.74) is 2.71. The Morgan fingerprint density at radius 1 is 1.43 bits per heavy atom. The van der Waals surface area contributed by atoms with E-state index in [9.17, 15) is 4.79 Å². The van der Waals surface area contributed by atoms with Crippen molar-refractivity contribution >= 4 is 36.4 Å². The number of aromatic nitrogens is 2. The molecule has 2 rings (SSSR count). The first kappa shape index (κ1) is 22.2. The predicted molar refractivity (Wildman–Crippen MR) is 98.9 cm³/mol. The zero-order valence-electron chi connectivity index (χ0n) is 14.4. The summed E-state index contributed by atoms with van der Waals surface area (Å²) in [6.07, 6.45) is 2.19. The minimum absolute atomic E-state index is 0. The average molecular weight is 366 g/mol. The van der Waals surface area contributed by atoms with Gasteiger partial charge in [0.05, 0.1) is 23.6 Å². The normalized spacial score (nSPS) is 16.8. The fourth-order valence-electron chi connectivity index (χ4n) is 2.95. The van der Waals surface area contributed by atoms with E-state index in [0.717, 1.165) is 49.6 Å². The molecule has 1 aliphatic heterocycles. The summed E-state index contributed by atoms with van der Waals surface area (Å²) in [7, 11) is 1.89. The monoisotopic (exact) mass is 365 g/mol. The first-order valence-electron chi connectivity index (χ1n) is 7.77. The Bertz CT molecular complexity index is 500. The van der Waals surface area contributed by atoms with Crippen molar-refractivity contribution in [3.63, 3.8) is 0 Å². The van der Waals surface area contributed by atoms with Crippen molar-refractivity contribution in [3.05, 3.63) is 11.4 Å². The van der Waals surface area contributed by atoms with Crippen LogP contribution < -0.4 is 10.6 Å². The SMILES string of the molecule is CCCN(CC(=O)Nc1c(C)nn(C)c1C)C1CCNC1.Cl.Cl. The molecule has 0 spiro atoms. The molecule has 23 heavy (non-hydrogen) atoms. The molecule has 2 heterocycles. The quantitative estimate of drug-likeness (QED) is 0.807. The summed E-state index contributed by atoms with van der Waals surface area (Å²) in [6.45, 7) is 9.50. The molecule has 8 heteroatoms. The minimum atomic E-state index is 0. The molecular weight excluding hydrogens is 337 g/mol. The Kier molecular flexibility index (Phi) is 9.77. The lowest BCUT2D eigenvalue weighted by atomic mass is 10.2. The molecule has 0 saturated carbocycles. The zero-order valence-corrected chi connectivity index (χ0v) is 16.0. The van der Waals surface area contributed by atoms with Gasteiger partial charge >= 0.3 is 0 Å². The van der Waals surface area contributed by atoms with E-state index in [2.05, 4.69) is 27.6 Å². The van der Waals surface area contributed by atoms with Crippen LogP contribution in [0.3, 0.4) is 0 Å². The van der Waals surface area contributed by atoms with Crippen molar-refractivity contribution in [3.8, 4) is 0 Å². The Morgan fingerprint density at radius 3 is 2.61 bits per heavy atom. The van der Waals surface area contributed by atoms with Gasteiger partial charge in [0.25, 0.3) is 0 Å². The zero-order chi connectivity index (χ0) is 15.4. The third-order valence-electron chi connectivity index (χ3n) is 4.18. The molecule has 1 aromatic rings. The summed E-state index contributed by atoms with van der Waals surface area (Å²) in [5.74, 6) is 0.0505. The number of aryl methyl sites for hydroxylation is 2. The van der Waals surface area contributed by atoms with E-state index in [0.29, 0.717) is 12.6 Å². The second-order valence-corrected chi connectivity index (χ2v) is 5.83. The molecule has 134 valence electrons. The molecule has 1 saturated heterocycles. The van der Waals surface area contributed by atoms with E-state index in [1.807, 2.05) is 20.9 Å². The minimum Gasteiger partial charge on any atom is -0.322 e. The van der Waals surface area contributed by atoms with Crippen LogP contribution in [0.5, 0.6) is 0 Å². The van der Waals surface area contributed by atoms with Gasteiger partial charge in [0.2, 0.25) is 5.91 Å². The third kappa shape index (κ3) is 5.64. The molecule has 1 unspecified atom stereocenters. The summed E-state index contributed by atoms with van der Waals surface area (Å²) in [4.78, 5) is 14.6. The van der Waals surface area contributed by atoms with Crippen LogP contribution in [0.2, 0.25) is 0 Å². The lowest BCUT2D eigenvalue weighted by Crippen LogP contribution is -2.42. The van der Waals surface area contributed by atoms with Gasteiger partial charge in [0, 0.05) is 19.6 Å². The fraction of sp³-hybridized carbons (Fsp3) is 0.733. The van der Waals surface area contributed by atoms with E-state index in [1.54, 1.807) is 4.68 Å². The average Bonchev–Trinajstić information content (AvgIpc) is 3.04. The fourth-order valence-corrected chi connectivity index (χ4v) is 2.95. The molecule has 0 bridgehead atoms. The number of rotatable bonds is 6. The number of hydrogen-bond acceptors (Lipinski definition) is 4. The maximum atomic E-state index is 12.4. The Labute approximate surface area is 151 Å². The second kappa shape index (κ2) is 10.1. The van der Waals surface area contributed by atoms with E-state index in [-0.39, 0.29) is 30.7 Å². The van der Waals surface area contributed by atoms with Gasteiger partial charge < -0.3 is 10.6 Å². The molecule has 0 aromatic carbocycles. The number of carbonyl (C=O) groups excluding carboxylic acids is 1. The Hall–Kier alpha value is -0.820. The van der Waals surface area contributed by atoms with Crippen LogP contribution >= 0.6 is 24.8 Å². The van der Waals surface area contributed by atoms with Crippen LogP contribution in [-0.4, -0.2) is 52.8 Å². The highest BCUT2D eigenvalue weighted by atomic mass is 35.5. The molecule has 1 fully saturated rings. The maximum absolute atomic E-state index is 12.4. The van der Waals surface area contributed by atoms with Crippen LogP contribution in [0.4, 0.5) is 5.69 Å². The number of nitrogens with one attached hydrogen (secondary N) is 2. The van der Waals surface area contributed by atoms with Crippen LogP contribution in [0.1, 0.15) is 31.2 Å². The third-order valence-corrected chi connectivity index (χ3v) is 4.18. The molecule has 0 radical (unpaired) electrons. The number of halogens is 2. The molecule has 0 aliphatic carbocycles. The Morgan fingerprint density at radius 2 is 2.13 bits per heavy atom. The molecule has 6 nitrogen and oxygen atoms in total. The standard InChI is InChI=1S/C15H27N5O.2ClH/c1-5-8-20(13-6-7-16-9-13)10-14(21)17-15-11(2)18-19(4)12(15)3;;/h13,16H,5-10H2,1-4H3,(H,17,21);2*1H. The first-order chi connectivity index (χ1) is 10.0. The van der Waals surface area contributed by atoms with E-state index >= 15 is 0 Å². The van der Waals surface area contributed by atoms with Gasteiger partial charge in [-0.3, -0.25) is 14.4 Å². The number of anilines is 1. The van der Waals surface area contributed by atoms with Gasteiger partial charge in [-0.1, -0.05) is 6.92 Å². The number of amides is 1. The molecule has 1 amide bonds. The van der Waals surface area contributed by atoms with Crippen LogP contribution in [-0.2, 0) is 11.8 Å². The van der Waals surface area contributed by atoms with Crippen molar-refractivity contribution in [1.29, 1.82) is 0 Å². The molecule has 1 aromatic heterocycles. The van der Waals surface area contributed by atoms with E-state index in [4.69, 9.17) is 0 Å². The predicted octanol–water partition coefficient (Wildman–Crippen LogP) is 1.89. The van der Waals surface area contributed by atoms with Gasteiger partial charge in [-0.15, -0.1) is 24.8 Å². The highest BCUT2D eigenvalue weighted by Gasteiger charge is 2.24. The highest BCUT2D eigenvalue weighted by molar-refractivity contribution is 5.93. The number of nitrogens with zero attached hydrogens (tertiary/aromatic N) is 3. The highest BCUT2D eigenvalue weighted by Crippen LogP contribution is 2.18. The van der Waals surface area contributed by atoms with E-state index < -0.39 is 0 Å². The van der Waals surface area contributed by atoms with Crippen molar-refractivity contribution in [2.24, 2.45) is 7.05 Å². The van der Waals surface area contributed by atoms with Crippen LogP contribution in [0.25, 0.3) is 0 Å². The van der Waals surface area contributed by atoms with Crippen molar-refractivity contribution in [2.45, 2.75) is 39.7 Å². The molecule has 1 aliphatic rings. The first-order valence-corrected chi connectivity index (χ1v) is 7.77. The molecular formula is C15H29Cl2N5O. The topological polar surface area (TPSA) is 62.2 Å². The smallest absolute Gasteiger partial charge is 0.238 e. The van der Waals surface area contributed by atoms with Crippen LogP contribution in [0.15, 0.2) is 0 Å². The lowest BCUT2D eigenvalue weighted by molar-refractivity contribution is -0.117. The summed E-state index contributed by atoms with van der Waals surface area (Å²) < 4.78 is 1.80. The van der Waals surface area contributed by atoms with Crippen molar-refractivity contribution in [2.75, 3.05) is 31.5 Å². The van der Waals surface area contributed by atoms with Gasteiger partial charge in [-0.25, -0.2) is 0 Å². The lowest BCUT2D eigenvalue weighted by Gasteiger charge is -2.27. The van der Waals surface area contributed by atoms with Gasteiger partial charge in [0.1, 0.15) is 0 Å². The van der Waals surface area contributed by atoms with Crippen molar-refractivity contribution in [1.82, 2.24) is 20.0 Å². The van der Waals surface area contributed by atoms with Gasteiger partial charge in [-0.05, 0) is 39.8 Å². The molecule has 2 N–H and O–H groups in total.